The Hall–Kier alpha value is -4.16. The summed E-state index contributed by atoms with van der Waals surface area (Å²) in [6.07, 6.45) is 66.4. The highest BCUT2D eigenvalue weighted by atomic mass is 79.9. The van der Waals surface area contributed by atoms with Crippen LogP contribution in [0.1, 0.15) is 358 Å². The maximum Gasteiger partial charge on any atom is 0.158 e. The van der Waals surface area contributed by atoms with Crippen molar-refractivity contribution in [3.05, 3.63) is 70.3 Å². The lowest BCUT2D eigenvalue weighted by molar-refractivity contribution is -0.137. The summed E-state index contributed by atoms with van der Waals surface area (Å²) >= 11 is 3.46. The molecular formula is C116H169BrN8O8. The van der Waals surface area contributed by atoms with Crippen LogP contribution in [0.3, 0.4) is 0 Å². The number of nitrogens with zero attached hydrogens (tertiary/aromatic N) is 7. The Morgan fingerprint density at radius 3 is 1.02 bits per heavy atom. The summed E-state index contributed by atoms with van der Waals surface area (Å²) < 4.78 is 6.43. The molecule has 0 aliphatic heterocycles. The number of alkyl halides is 1. The van der Waals surface area contributed by atoms with Crippen molar-refractivity contribution in [1.29, 1.82) is 0 Å². The molecule has 0 bridgehead atoms. The van der Waals surface area contributed by atoms with E-state index in [0.29, 0.717) is 77.7 Å². The van der Waals surface area contributed by atoms with Gasteiger partial charge in [0.25, 0.3) is 0 Å². The lowest BCUT2D eigenvalue weighted by Crippen LogP contribution is -2.52. The molecule has 728 valence electrons. The zero-order valence-corrected chi connectivity index (χ0v) is 84.6. The topological polar surface area (TPSA) is 231 Å². The van der Waals surface area contributed by atoms with Gasteiger partial charge in [0.05, 0.1) is 83.3 Å². The Balaban J connectivity index is 0.0000000948. The highest BCUT2D eigenvalue weighted by Crippen LogP contribution is 2.80. The molecule has 24 aliphatic rings. The van der Waals surface area contributed by atoms with Crippen molar-refractivity contribution in [2.45, 2.75) is 406 Å². The van der Waals surface area contributed by atoms with Gasteiger partial charge in [-0.05, 0) is 534 Å². The Kier molecular flexibility index (Phi) is 23.4. The van der Waals surface area contributed by atoms with Gasteiger partial charge < -0.3 is 29.6 Å². The van der Waals surface area contributed by atoms with Gasteiger partial charge in [0.1, 0.15) is 5.78 Å². The van der Waals surface area contributed by atoms with Crippen molar-refractivity contribution >= 4 is 39.1 Å². The first-order valence-electron chi connectivity index (χ1n) is 56.6. The number of aromatic amines is 1. The van der Waals surface area contributed by atoms with Crippen LogP contribution >= 0.6 is 15.9 Å². The van der Waals surface area contributed by atoms with Gasteiger partial charge in [-0.25, -0.2) is 9.97 Å². The maximum absolute atomic E-state index is 13.9. The van der Waals surface area contributed by atoms with E-state index in [1.54, 1.807) is 0 Å². The molecule has 0 spiro atoms. The van der Waals surface area contributed by atoms with E-state index in [0.717, 1.165) is 232 Å². The normalized spacial score (nSPS) is 49.5. The number of carbonyl (C=O) groups excluding carboxylic acids is 4. The van der Waals surface area contributed by atoms with Crippen LogP contribution in [-0.4, -0.2) is 110 Å². The van der Waals surface area contributed by atoms with Crippen LogP contribution in [0, 0.1) is 211 Å². The molecule has 0 amide bonds. The molecule has 20 saturated carbocycles. The van der Waals surface area contributed by atoms with Crippen molar-refractivity contribution in [3.8, 4) is 0 Å². The number of aryl methyl sites for hydroxylation is 6. The third kappa shape index (κ3) is 15.8. The van der Waals surface area contributed by atoms with Crippen molar-refractivity contribution in [3.63, 3.8) is 0 Å². The van der Waals surface area contributed by atoms with E-state index in [-0.39, 0.29) is 39.4 Å². The van der Waals surface area contributed by atoms with Gasteiger partial charge >= 0.3 is 0 Å². The standard InChI is InChI=1S/3C29H42N2O2.C22H33BrO2.C7H10N2/c2*1-28(33)11-9-18-17(14-28)7-8-20-19(18)10-12-29(2)26(20)21-13-22(21)27(29)25(32)15-31-16-30-23-5-3-4-6-24(23)31;1-28(33)11-9-19-17(14-28)7-8-21-20(19)10-12-29(2)26(21)22-13-23(22)27(29)25(32)16-31-15-18-5-3-4-6-24(18)30-31;1-21(25)7-5-13-12(10-21)3-4-15-14(13)6-8-22(2)19(15)16-9-17(16)20(22)18(24)11-23;1-2-4-7-6(3-1)5-8-9-7/h2*16-22,26-27,33H,3-15H2,1-2H3;15,17,19-23,26-27,33H,3-14,16H2,1-2H3;12-17,19-20,25H,3-11H2,1-2H3;5H,1-4H2,(H,8,9)/t2*17-,18+,19-,20-,21-,22+,26-,27-,28-,29+;17-,19+,20-,21-,22-,23+,26-,27-,28-,29+;12-,13+,14-,15-,16-,17+,19-,20-,21-,22+;/m1111./s1. The van der Waals surface area contributed by atoms with Crippen LogP contribution < -0.4 is 0 Å². The van der Waals surface area contributed by atoms with Gasteiger partial charge in [-0.15, -0.1) is 0 Å². The van der Waals surface area contributed by atoms with E-state index in [1.807, 2.05) is 23.5 Å². The van der Waals surface area contributed by atoms with Crippen molar-refractivity contribution in [1.82, 2.24) is 39.1 Å². The maximum atomic E-state index is 13.9. The third-order valence-electron chi connectivity index (χ3n) is 46.8. The second-order valence-electron chi connectivity index (χ2n) is 54.3. The average molecular weight is 1880 g/mol. The number of hydrogen-bond donors (Lipinski definition) is 5. The van der Waals surface area contributed by atoms with Crippen molar-refractivity contribution < 1.29 is 39.6 Å². The van der Waals surface area contributed by atoms with Crippen molar-refractivity contribution in [2.24, 2.45) is 211 Å². The fraction of sp³-hybridized carbons (Fsp3) is 0.862. The summed E-state index contributed by atoms with van der Waals surface area (Å²) in [6.45, 7) is 19.9. The quantitative estimate of drug-likeness (QED) is 0.0883. The zero-order chi connectivity index (χ0) is 91.3. The summed E-state index contributed by atoms with van der Waals surface area (Å²) in [5.74, 6) is 25.4. The molecule has 4 heterocycles. The lowest BCUT2D eigenvalue weighted by Gasteiger charge is -2.57. The number of ketones is 4. The first-order valence-corrected chi connectivity index (χ1v) is 57.7. The minimum absolute atomic E-state index is 0.214. The fourth-order valence-corrected chi connectivity index (χ4v) is 42.2. The second-order valence-corrected chi connectivity index (χ2v) is 54.8. The fourth-order valence-electron chi connectivity index (χ4n) is 41.8. The summed E-state index contributed by atoms with van der Waals surface area (Å²) in [4.78, 5) is 63.6. The number of aromatic nitrogens is 8. The molecule has 28 rings (SSSR count). The Bertz CT molecular complexity index is 4840. The van der Waals surface area contributed by atoms with E-state index in [4.69, 9.17) is 5.10 Å². The number of imidazole rings is 2. The summed E-state index contributed by atoms with van der Waals surface area (Å²) in [5.41, 5.74) is 9.83. The predicted molar refractivity (Wildman–Crippen MR) is 520 cm³/mol. The van der Waals surface area contributed by atoms with E-state index in [9.17, 15) is 39.6 Å². The summed E-state index contributed by atoms with van der Waals surface area (Å²) in [7, 11) is 0. The van der Waals surface area contributed by atoms with Gasteiger partial charge in [-0.3, -0.25) is 29.0 Å². The number of aliphatic hydroxyl groups is 4. The number of rotatable bonds is 11. The Morgan fingerprint density at radius 1 is 0.346 bits per heavy atom. The Morgan fingerprint density at radius 2 is 0.662 bits per heavy atom. The van der Waals surface area contributed by atoms with E-state index < -0.39 is 22.4 Å². The average Bonchev–Trinajstić information content (AvgIpc) is 1.53. The third-order valence-corrected chi connectivity index (χ3v) is 47.3. The highest BCUT2D eigenvalue weighted by Gasteiger charge is 2.76. The van der Waals surface area contributed by atoms with E-state index in [2.05, 4.69) is 107 Å². The molecule has 0 radical (unpaired) electrons. The number of halogens is 1. The molecule has 0 saturated heterocycles. The van der Waals surface area contributed by atoms with Crippen LogP contribution in [0.4, 0.5) is 0 Å². The molecule has 133 heavy (non-hydrogen) atoms. The van der Waals surface area contributed by atoms with E-state index in [1.165, 1.54) is 264 Å². The number of Topliss-reactive ketones (excluding diaryl/α,β-unsaturated/α-hetero) is 4. The van der Waals surface area contributed by atoms with Gasteiger partial charge in [0.2, 0.25) is 0 Å². The summed E-state index contributed by atoms with van der Waals surface area (Å²) in [6, 6.07) is 0. The minimum Gasteiger partial charge on any atom is -0.390 e. The molecule has 40 atom stereocenters. The van der Waals surface area contributed by atoms with Crippen molar-refractivity contribution in [2.75, 3.05) is 5.33 Å². The molecular weight excluding hydrogens is 1710 g/mol. The largest absolute Gasteiger partial charge is 0.390 e. The predicted octanol–water partition coefficient (Wildman–Crippen LogP) is 21.7. The first-order chi connectivity index (χ1) is 63.9. The number of carbonyl (C=O) groups is 4. The first kappa shape index (κ1) is 91.3. The van der Waals surface area contributed by atoms with E-state index >= 15 is 0 Å². The number of fused-ring (bicyclic) bond motifs is 32. The molecule has 20 fully saturated rings. The monoisotopic (exact) mass is 1880 g/mol. The zero-order valence-electron chi connectivity index (χ0n) is 83.0. The lowest BCUT2D eigenvalue weighted by atomic mass is 9.48. The summed E-state index contributed by atoms with van der Waals surface area (Å²) in [5, 5.41) is 54.9. The molecule has 5 N–H and O–H groups in total. The molecule has 4 aromatic rings. The smallest absolute Gasteiger partial charge is 0.158 e. The number of nitrogens with one attached hydrogen (secondary N) is 1. The molecule has 16 nitrogen and oxygen atoms in total. The SMILES string of the molecule is C[C@@]1(O)CC[C@H]2[C@H](CC[C@@H]3[C@@H]2CC[C@@]2(C)[C@H]3[C@@H]3C[C@@H]3[C@@H]2C(=O)CBr)C1.C[C@@]1(O)CC[C@H]2[C@H](CC[C@@H]3[C@@H]2CC[C@@]2(C)[C@H]3[C@@H]3C[C@@H]3[C@@H]2C(=O)Cn2cc3c(n2)CCCC3)C1.C[C@@]1(O)CC[C@H]2[C@H](CC[C@@H]3[C@@H]2CC[C@@]2(C)[C@H]3[C@@H]3C[C@@H]3[C@@H]2C(=O)Cn2cnc3c2CCCC3)C1.C[C@@]1(O)CC[C@H]2[C@H](CC[C@@H]3[C@@H]2CC[C@@]2(C)[C@H]3[C@@H]3C[C@@H]3[C@@H]2C(=O)Cn2cnc3c2CCCC3)C1.c1n[nH]c2c1CCCC2. The van der Waals surface area contributed by atoms with Crippen LogP contribution in [0.5, 0.6) is 0 Å². The molecule has 0 unspecified atom stereocenters. The van der Waals surface area contributed by atoms with Gasteiger partial charge in [-0.2, -0.15) is 10.2 Å². The molecule has 0 aromatic carbocycles. The van der Waals surface area contributed by atoms with Crippen LogP contribution in [0.15, 0.2) is 25.0 Å². The number of H-pyrrole nitrogens is 1. The van der Waals surface area contributed by atoms with Gasteiger partial charge in [0, 0.05) is 47.0 Å². The number of hydrogen-bond acceptors (Lipinski definition) is 12. The van der Waals surface area contributed by atoms with Crippen LogP contribution in [0.25, 0.3) is 0 Å². The Labute approximate surface area is 804 Å². The highest BCUT2D eigenvalue weighted by molar-refractivity contribution is 9.09. The van der Waals surface area contributed by atoms with Gasteiger partial charge in [0.15, 0.2) is 17.3 Å². The molecule has 4 aromatic heterocycles. The van der Waals surface area contributed by atoms with Crippen LogP contribution in [-0.2, 0) is 90.2 Å². The van der Waals surface area contributed by atoms with Gasteiger partial charge in [-0.1, -0.05) is 43.6 Å². The van der Waals surface area contributed by atoms with Crippen LogP contribution in [0.2, 0.25) is 0 Å². The minimum atomic E-state index is -0.435. The second kappa shape index (κ2) is 34.0. The molecule has 24 aliphatic carbocycles. The molecule has 17 heteroatoms.